The normalized spacial score (nSPS) is 21.4. The number of hydrogen-bond acceptors (Lipinski definition) is 4. The Hall–Kier alpha value is -2.87. The summed E-state index contributed by atoms with van der Waals surface area (Å²) in [6.45, 7) is -0.525. The van der Waals surface area contributed by atoms with E-state index in [9.17, 15) is 49.1 Å². The van der Waals surface area contributed by atoms with Crippen LogP contribution in [0.15, 0.2) is 53.4 Å². The molecule has 2 aromatic rings. The number of carbonyl (C=O) groups is 1. The van der Waals surface area contributed by atoms with Crippen molar-refractivity contribution in [1.29, 1.82) is 0 Å². The van der Waals surface area contributed by atoms with E-state index in [-0.39, 0.29) is 29.5 Å². The summed E-state index contributed by atoms with van der Waals surface area (Å²) in [6, 6.07) is 5.47. The summed E-state index contributed by atoms with van der Waals surface area (Å²) >= 11 is 0. The molecule has 2 fully saturated rings. The first-order valence-corrected chi connectivity index (χ1v) is 14.0. The fourth-order valence-electron chi connectivity index (χ4n) is 5.42. The lowest BCUT2D eigenvalue weighted by atomic mass is 9.89. The monoisotopic (exact) mass is 596 g/mol. The van der Waals surface area contributed by atoms with Crippen LogP contribution in [0.2, 0.25) is 0 Å². The lowest BCUT2D eigenvalue weighted by Crippen LogP contribution is -2.54. The molecule has 1 saturated heterocycles. The quantitative estimate of drug-likeness (QED) is 0.350. The van der Waals surface area contributed by atoms with Crippen LogP contribution in [0.25, 0.3) is 0 Å². The van der Waals surface area contributed by atoms with Gasteiger partial charge in [-0.3, -0.25) is 0 Å². The molecule has 0 bridgehead atoms. The Bertz CT molecular complexity index is 1310. The van der Waals surface area contributed by atoms with Gasteiger partial charge in [-0.2, -0.15) is 26.3 Å². The molecule has 40 heavy (non-hydrogen) atoms. The number of benzene rings is 2. The largest absolute Gasteiger partial charge is 0.430 e. The molecule has 0 radical (unpaired) electrons. The number of halogens is 7. The molecule has 2 N–H and O–H groups in total. The van der Waals surface area contributed by atoms with Crippen LogP contribution in [0.5, 0.6) is 0 Å². The number of urea groups is 1. The van der Waals surface area contributed by atoms with E-state index in [2.05, 4.69) is 5.32 Å². The molecule has 2 amide bonds. The Morgan fingerprint density at radius 1 is 0.900 bits per heavy atom. The molecule has 14 heteroatoms. The maximum atomic E-state index is 13.9. The van der Waals surface area contributed by atoms with E-state index in [0.29, 0.717) is 12.1 Å². The van der Waals surface area contributed by atoms with Crippen LogP contribution in [-0.4, -0.2) is 55.9 Å². The van der Waals surface area contributed by atoms with Gasteiger partial charge in [0.15, 0.2) is 9.84 Å². The van der Waals surface area contributed by atoms with Gasteiger partial charge < -0.3 is 15.3 Å². The minimum Gasteiger partial charge on any atom is -0.369 e. The van der Waals surface area contributed by atoms with E-state index in [1.165, 1.54) is 4.90 Å². The average Bonchev–Trinajstić information content (AvgIpc) is 3.36. The van der Waals surface area contributed by atoms with Gasteiger partial charge in [0.1, 0.15) is 10.6 Å². The van der Waals surface area contributed by atoms with Crippen molar-refractivity contribution in [3.8, 4) is 0 Å². The number of aliphatic hydroxyl groups is 1. The third-order valence-electron chi connectivity index (χ3n) is 7.74. The summed E-state index contributed by atoms with van der Waals surface area (Å²) < 4.78 is 120. The number of alkyl halides is 6. The lowest BCUT2D eigenvalue weighted by Gasteiger charge is -2.34. The van der Waals surface area contributed by atoms with Gasteiger partial charge in [-0.1, -0.05) is 43.5 Å². The predicted octanol–water partition coefficient (Wildman–Crippen LogP) is 5.56. The smallest absolute Gasteiger partial charge is 0.369 e. The molecular weight excluding hydrogens is 569 g/mol. The van der Waals surface area contributed by atoms with Gasteiger partial charge in [-0.05, 0) is 49.1 Å². The number of hydrogen-bond donors (Lipinski definition) is 2. The second kappa shape index (κ2) is 10.5. The lowest BCUT2D eigenvalue weighted by molar-refractivity contribution is -0.376. The highest BCUT2D eigenvalue weighted by Crippen LogP contribution is 2.51. The third-order valence-corrected chi connectivity index (χ3v) is 10.2. The molecule has 1 heterocycles. The minimum atomic E-state index is -6.12. The highest BCUT2D eigenvalue weighted by Gasteiger charge is 2.71. The van der Waals surface area contributed by atoms with E-state index in [4.69, 9.17) is 0 Å². The predicted molar refractivity (Wildman–Crippen MR) is 129 cm³/mol. The highest BCUT2D eigenvalue weighted by molar-refractivity contribution is 7.92. The Morgan fingerprint density at radius 3 is 1.98 bits per heavy atom. The van der Waals surface area contributed by atoms with E-state index >= 15 is 0 Å². The van der Waals surface area contributed by atoms with E-state index in [1.54, 1.807) is 0 Å². The van der Waals surface area contributed by atoms with Crippen molar-refractivity contribution in [2.45, 2.75) is 72.2 Å². The molecule has 0 aromatic heterocycles. The highest BCUT2D eigenvalue weighted by atomic mass is 32.2. The van der Waals surface area contributed by atoms with Crippen LogP contribution < -0.4 is 5.32 Å². The minimum absolute atomic E-state index is 0.0736. The summed E-state index contributed by atoms with van der Waals surface area (Å²) in [5, 5.41) is 12.6. The number of likely N-dealkylation sites (tertiary alicyclic amines) is 1. The van der Waals surface area contributed by atoms with Gasteiger partial charge in [0.2, 0.25) is 0 Å². The average molecular weight is 597 g/mol. The molecule has 0 spiro atoms. The number of sulfone groups is 1. The van der Waals surface area contributed by atoms with Gasteiger partial charge in [0.05, 0.1) is 4.90 Å². The molecule has 1 unspecified atom stereocenters. The van der Waals surface area contributed by atoms with Gasteiger partial charge in [-0.25, -0.2) is 17.6 Å². The summed E-state index contributed by atoms with van der Waals surface area (Å²) in [4.78, 5) is 13.9. The zero-order chi connectivity index (χ0) is 29.6. The summed E-state index contributed by atoms with van der Waals surface area (Å²) in [7, 11) is -4.47. The second-order valence-corrected chi connectivity index (χ2v) is 12.5. The Morgan fingerprint density at radius 2 is 1.45 bits per heavy atom. The van der Waals surface area contributed by atoms with Crippen molar-refractivity contribution in [3.05, 3.63) is 65.5 Å². The van der Waals surface area contributed by atoms with Crippen LogP contribution in [0.4, 0.5) is 35.5 Å². The van der Waals surface area contributed by atoms with Crippen LogP contribution >= 0.6 is 0 Å². The second-order valence-electron chi connectivity index (χ2n) is 10.2. The van der Waals surface area contributed by atoms with Gasteiger partial charge in [0, 0.05) is 24.7 Å². The molecule has 4 rings (SSSR count). The molecular formula is C26H27F7N2O4S. The van der Waals surface area contributed by atoms with Crippen LogP contribution in [-0.2, 0) is 20.2 Å². The Labute approximate surface area is 226 Å². The van der Waals surface area contributed by atoms with Crippen molar-refractivity contribution in [2.75, 3.05) is 13.1 Å². The zero-order valence-corrected chi connectivity index (χ0v) is 21.8. The molecule has 1 aliphatic heterocycles. The SMILES string of the molecule is O=C(NC1CCCCC1)N1CCC(c2ccc(C(O)(C(F)(F)F)C(F)(F)F)cc2)(S(=O)(=O)c2ccc(F)cc2)C1. The van der Waals surface area contributed by atoms with E-state index < -0.39 is 56.5 Å². The molecule has 2 aliphatic rings. The molecule has 6 nitrogen and oxygen atoms in total. The van der Waals surface area contributed by atoms with Crippen molar-refractivity contribution >= 4 is 15.9 Å². The van der Waals surface area contributed by atoms with Crippen molar-refractivity contribution in [2.24, 2.45) is 0 Å². The first-order chi connectivity index (χ1) is 18.5. The first kappa shape index (κ1) is 30.1. The number of nitrogens with zero attached hydrogens (tertiary/aromatic N) is 1. The molecule has 220 valence electrons. The molecule has 1 saturated carbocycles. The Kier molecular flexibility index (Phi) is 7.91. The molecule has 1 aliphatic carbocycles. The number of amides is 2. The van der Waals surface area contributed by atoms with Gasteiger partial charge >= 0.3 is 18.4 Å². The summed E-state index contributed by atoms with van der Waals surface area (Å²) in [5.74, 6) is -0.726. The zero-order valence-electron chi connectivity index (χ0n) is 21.0. The van der Waals surface area contributed by atoms with Crippen LogP contribution in [0, 0.1) is 5.82 Å². The first-order valence-electron chi connectivity index (χ1n) is 12.6. The number of carbonyl (C=O) groups excluding carboxylic acids is 1. The summed E-state index contributed by atoms with van der Waals surface area (Å²) in [6.07, 6.45) is -8.10. The van der Waals surface area contributed by atoms with Gasteiger partial charge in [0.25, 0.3) is 5.60 Å². The van der Waals surface area contributed by atoms with Crippen molar-refractivity contribution in [1.82, 2.24) is 10.2 Å². The standard InChI is InChI=1S/C26H27F7N2O4S/c27-19-10-12-21(13-11-19)40(38,39)23(14-15-35(16-23)22(36)34-20-4-2-1-3-5-20)17-6-8-18(9-7-17)24(37,25(28,29)30)26(31,32)33/h6-13,20,37H,1-5,14-16H2,(H,34,36). The van der Waals surface area contributed by atoms with Crippen molar-refractivity contribution < 1.29 is 49.1 Å². The van der Waals surface area contributed by atoms with Crippen LogP contribution in [0.3, 0.4) is 0 Å². The Balaban J connectivity index is 1.75. The maximum absolute atomic E-state index is 13.9. The van der Waals surface area contributed by atoms with Gasteiger partial charge in [-0.15, -0.1) is 0 Å². The maximum Gasteiger partial charge on any atom is 0.430 e. The van der Waals surface area contributed by atoms with E-state index in [1.807, 2.05) is 0 Å². The molecule has 1 atom stereocenters. The number of nitrogens with one attached hydrogen (secondary N) is 1. The fourth-order valence-corrected chi connectivity index (χ4v) is 7.50. The fraction of sp³-hybridized carbons (Fsp3) is 0.500. The van der Waals surface area contributed by atoms with E-state index in [0.717, 1.165) is 68.5 Å². The van der Waals surface area contributed by atoms with Crippen molar-refractivity contribution in [3.63, 3.8) is 0 Å². The summed E-state index contributed by atoms with van der Waals surface area (Å²) in [5.41, 5.74) is -6.92. The number of rotatable bonds is 5. The molecule has 2 aromatic carbocycles. The topological polar surface area (TPSA) is 86.7 Å². The van der Waals surface area contributed by atoms with Crippen LogP contribution in [0.1, 0.15) is 49.7 Å². The third kappa shape index (κ3) is 5.15.